The van der Waals surface area contributed by atoms with E-state index >= 15 is 0 Å². The number of halogens is 3. The van der Waals surface area contributed by atoms with E-state index in [0.29, 0.717) is 6.42 Å². The lowest BCUT2D eigenvalue weighted by molar-refractivity contribution is -0.207. The van der Waals surface area contributed by atoms with Crippen LogP contribution in [0.5, 0.6) is 0 Å². The van der Waals surface area contributed by atoms with Crippen molar-refractivity contribution in [2.45, 2.75) is 51.4 Å². The van der Waals surface area contributed by atoms with Gasteiger partial charge >= 0.3 is 12.1 Å². The van der Waals surface area contributed by atoms with Crippen molar-refractivity contribution in [1.82, 2.24) is 4.90 Å². The predicted octanol–water partition coefficient (Wildman–Crippen LogP) is 2.76. The summed E-state index contributed by atoms with van der Waals surface area (Å²) in [6.07, 6.45) is -3.94. The van der Waals surface area contributed by atoms with Gasteiger partial charge < -0.3 is 10.0 Å². The Hall–Kier alpha value is -0.780. The molecule has 3 unspecified atom stereocenters. The van der Waals surface area contributed by atoms with Crippen molar-refractivity contribution in [2.24, 2.45) is 11.8 Å². The molecule has 3 atom stereocenters. The summed E-state index contributed by atoms with van der Waals surface area (Å²) in [7, 11) is 1.80. The lowest BCUT2D eigenvalue weighted by atomic mass is 9.76. The van der Waals surface area contributed by atoms with Crippen molar-refractivity contribution in [3.05, 3.63) is 0 Å². The molecule has 1 fully saturated rings. The first-order valence-corrected chi connectivity index (χ1v) is 6.16. The molecule has 0 heterocycles. The van der Waals surface area contributed by atoms with Gasteiger partial charge in [-0.15, -0.1) is 0 Å². The van der Waals surface area contributed by atoms with E-state index in [1.54, 1.807) is 7.05 Å². The molecule has 0 aromatic rings. The molecule has 0 radical (unpaired) electrons. The average molecular weight is 267 g/mol. The Bertz CT molecular complexity index is 304. The zero-order valence-corrected chi connectivity index (χ0v) is 10.9. The molecule has 0 saturated heterocycles. The summed E-state index contributed by atoms with van der Waals surface area (Å²) in [5.41, 5.74) is 0. The number of carbonyl (C=O) groups is 1. The zero-order valence-electron chi connectivity index (χ0n) is 10.9. The third kappa shape index (κ3) is 3.37. The van der Waals surface area contributed by atoms with Crippen LogP contribution in [0.1, 0.15) is 33.1 Å². The molecular formula is C12H20F3NO2. The highest BCUT2D eigenvalue weighted by molar-refractivity contribution is 5.70. The summed E-state index contributed by atoms with van der Waals surface area (Å²) in [5.74, 6) is -4.35. The van der Waals surface area contributed by atoms with Crippen LogP contribution < -0.4 is 0 Å². The topological polar surface area (TPSA) is 40.5 Å². The minimum Gasteiger partial charge on any atom is -0.481 e. The van der Waals surface area contributed by atoms with Crippen LogP contribution in [-0.4, -0.2) is 41.3 Å². The minimum absolute atomic E-state index is 0.0984. The molecule has 106 valence electrons. The lowest BCUT2D eigenvalue weighted by Crippen LogP contribution is -2.47. The highest BCUT2D eigenvalue weighted by atomic mass is 19.4. The van der Waals surface area contributed by atoms with Gasteiger partial charge in [0, 0.05) is 12.1 Å². The SMILES string of the molecule is CC(C)N(C)C1CCC(C(=O)O)C(C(F)(F)F)C1. The molecule has 1 N–H and O–H groups in total. The van der Waals surface area contributed by atoms with Crippen molar-refractivity contribution in [2.75, 3.05) is 7.05 Å². The third-order valence-corrected chi connectivity index (χ3v) is 3.95. The molecule has 0 aliphatic heterocycles. The first kappa shape index (κ1) is 15.3. The Balaban J connectivity index is 2.83. The van der Waals surface area contributed by atoms with Gasteiger partial charge in [0.2, 0.25) is 0 Å². The van der Waals surface area contributed by atoms with Crippen LogP contribution in [0, 0.1) is 11.8 Å². The monoisotopic (exact) mass is 267 g/mol. The van der Waals surface area contributed by atoms with E-state index in [9.17, 15) is 18.0 Å². The van der Waals surface area contributed by atoms with Gasteiger partial charge in [0.15, 0.2) is 0 Å². The molecule has 1 aliphatic rings. The van der Waals surface area contributed by atoms with Gasteiger partial charge in [-0.2, -0.15) is 13.2 Å². The summed E-state index contributed by atoms with van der Waals surface area (Å²) in [6, 6.07) is -0.0301. The Morgan fingerprint density at radius 3 is 2.28 bits per heavy atom. The number of nitrogens with zero attached hydrogens (tertiary/aromatic N) is 1. The number of hydrogen-bond donors (Lipinski definition) is 1. The first-order chi connectivity index (χ1) is 8.14. The number of carboxylic acid groups (broad SMARTS) is 1. The van der Waals surface area contributed by atoms with Crippen LogP contribution in [0.3, 0.4) is 0 Å². The molecule has 3 nitrogen and oxygen atoms in total. The van der Waals surface area contributed by atoms with Crippen LogP contribution in [0.4, 0.5) is 13.2 Å². The van der Waals surface area contributed by atoms with Gasteiger partial charge in [-0.05, 0) is 40.2 Å². The van der Waals surface area contributed by atoms with Gasteiger partial charge in [-0.3, -0.25) is 4.79 Å². The van der Waals surface area contributed by atoms with Crippen molar-refractivity contribution >= 4 is 5.97 Å². The first-order valence-electron chi connectivity index (χ1n) is 6.16. The van der Waals surface area contributed by atoms with Gasteiger partial charge in [0.1, 0.15) is 0 Å². The van der Waals surface area contributed by atoms with Crippen LogP contribution in [0.2, 0.25) is 0 Å². The van der Waals surface area contributed by atoms with Crippen LogP contribution in [-0.2, 0) is 4.79 Å². The summed E-state index contributed by atoms with van der Waals surface area (Å²) in [6.45, 7) is 3.84. The van der Waals surface area contributed by atoms with Gasteiger partial charge in [0.25, 0.3) is 0 Å². The quantitative estimate of drug-likeness (QED) is 0.854. The van der Waals surface area contributed by atoms with E-state index in [1.807, 2.05) is 18.7 Å². The van der Waals surface area contributed by atoms with Crippen molar-refractivity contribution in [1.29, 1.82) is 0 Å². The van der Waals surface area contributed by atoms with Crippen molar-refractivity contribution in [3.63, 3.8) is 0 Å². The van der Waals surface area contributed by atoms with E-state index in [0.717, 1.165) is 0 Å². The van der Waals surface area contributed by atoms with Crippen molar-refractivity contribution in [3.8, 4) is 0 Å². The van der Waals surface area contributed by atoms with Crippen LogP contribution in [0.15, 0.2) is 0 Å². The number of rotatable bonds is 3. The molecule has 1 rings (SSSR count). The molecule has 0 aromatic heterocycles. The number of hydrogen-bond acceptors (Lipinski definition) is 2. The highest BCUT2D eigenvalue weighted by Gasteiger charge is 2.50. The molecule has 1 saturated carbocycles. The predicted molar refractivity (Wildman–Crippen MR) is 61.2 cm³/mol. The Kier molecular flexibility index (Phi) is 4.64. The fourth-order valence-corrected chi connectivity index (χ4v) is 2.60. The smallest absolute Gasteiger partial charge is 0.392 e. The van der Waals surface area contributed by atoms with Gasteiger partial charge in [-0.1, -0.05) is 0 Å². The third-order valence-electron chi connectivity index (χ3n) is 3.95. The summed E-state index contributed by atoms with van der Waals surface area (Å²) >= 11 is 0. The van der Waals surface area contributed by atoms with E-state index in [4.69, 9.17) is 5.11 Å². The second-order valence-corrected chi connectivity index (χ2v) is 5.32. The lowest BCUT2D eigenvalue weighted by Gasteiger charge is -2.40. The Morgan fingerprint density at radius 1 is 1.33 bits per heavy atom. The fraction of sp³-hybridized carbons (Fsp3) is 0.917. The largest absolute Gasteiger partial charge is 0.481 e. The summed E-state index contributed by atoms with van der Waals surface area (Å²) in [5, 5.41) is 8.89. The second-order valence-electron chi connectivity index (χ2n) is 5.32. The maximum Gasteiger partial charge on any atom is 0.392 e. The van der Waals surface area contributed by atoms with Crippen molar-refractivity contribution < 1.29 is 23.1 Å². The second kappa shape index (κ2) is 5.47. The highest BCUT2D eigenvalue weighted by Crippen LogP contribution is 2.42. The fourth-order valence-electron chi connectivity index (χ4n) is 2.60. The van der Waals surface area contributed by atoms with E-state index < -0.39 is 24.0 Å². The number of alkyl halides is 3. The van der Waals surface area contributed by atoms with E-state index in [1.165, 1.54) is 0 Å². The van der Waals surface area contributed by atoms with Gasteiger partial charge in [0.05, 0.1) is 11.8 Å². The Labute approximate surface area is 105 Å². The average Bonchev–Trinajstić information content (AvgIpc) is 2.25. The number of carboxylic acids is 1. The van der Waals surface area contributed by atoms with Gasteiger partial charge in [-0.25, -0.2) is 0 Å². The van der Waals surface area contributed by atoms with Crippen LogP contribution in [0.25, 0.3) is 0 Å². The van der Waals surface area contributed by atoms with Crippen LogP contribution >= 0.6 is 0 Å². The molecule has 0 spiro atoms. The normalized spacial score (nSPS) is 29.9. The minimum atomic E-state index is -4.43. The molecule has 0 amide bonds. The van der Waals surface area contributed by atoms with E-state index in [-0.39, 0.29) is 24.9 Å². The maximum atomic E-state index is 12.9. The van der Waals surface area contributed by atoms with E-state index in [2.05, 4.69) is 0 Å². The maximum absolute atomic E-state index is 12.9. The molecule has 6 heteroatoms. The summed E-state index contributed by atoms with van der Waals surface area (Å²) in [4.78, 5) is 12.8. The number of aliphatic carboxylic acids is 1. The molecule has 18 heavy (non-hydrogen) atoms. The molecule has 0 bridgehead atoms. The Morgan fingerprint density at radius 2 is 1.89 bits per heavy atom. The zero-order chi connectivity index (χ0) is 14.1. The summed E-state index contributed by atoms with van der Waals surface area (Å²) < 4.78 is 38.7. The molecular weight excluding hydrogens is 247 g/mol. The molecule has 0 aromatic carbocycles. The standard InChI is InChI=1S/C12H20F3NO2/c1-7(2)16(3)8-4-5-9(11(17)18)10(6-8)12(13,14)15/h7-10H,4-6H2,1-3H3,(H,17,18). The molecule has 1 aliphatic carbocycles.